The number of pyridine rings is 1. The Morgan fingerprint density at radius 1 is 1.44 bits per heavy atom. The van der Waals surface area contributed by atoms with Gasteiger partial charge in [-0.05, 0) is 39.2 Å². The van der Waals surface area contributed by atoms with Crippen LogP contribution < -0.4 is 10.6 Å². The van der Waals surface area contributed by atoms with Crippen molar-refractivity contribution in [3.63, 3.8) is 0 Å². The second kappa shape index (κ2) is 7.18. The van der Waals surface area contributed by atoms with Crippen molar-refractivity contribution in [2.75, 3.05) is 39.5 Å². The molecule has 0 aromatic carbocycles. The zero-order valence-electron chi connectivity index (χ0n) is 11.0. The van der Waals surface area contributed by atoms with Gasteiger partial charge in [-0.2, -0.15) is 0 Å². The summed E-state index contributed by atoms with van der Waals surface area (Å²) in [6, 6.07) is 3.39. The van der Waals surface area contributed by atoms with Gasteiger partial charge in [0.15, 0.2) is 0 Å². The Bertz CT molecular complexity index is 409. The van der Waals surface area contributed by atoms with Gasteiger partial charge >= 0.3 is 0 Å². The highest BCUT2D eigenvalue weighted by Gasteiger charge is 2.12. The van der Waals surface area contributed by atoms with Crippen LogP contribution in [0.4, 0.5) is 5.82 Å². The summed E-state index contributed by atoms with van der Waals surface area (Å²) in [5, 5.41) is 6.04. The molecule has 0 saturated carbocycles. The molecule has 0 unspecified atom stereocenters. The van der Waals surface area contributed by atoms with Crippen LogP contribution in [0.5, 0.6) is 0 Å². The largest absolute Gasteiger partial charge is 0.373 e. The monoisotopic (exact) mass is 270 g/mol. The first-order valence-corrected chi connectivity index (χ1v) is 6.19. The van der Waals surface area contributed by atoms with Gasteiger partial charge in [-0.1, -0.05) is 11.6 Å². The van der Waals surface area contributed by atoms with E-state index in [-0.39, 0.29) is 11.6 Å². The van der Waals surface area contributed by atoms with E-state index in [9.17, 15) is 4.79 Å². The zero-order chi connectivity index (χ0) is 13.5. The molecule has 100 valence electrons. The molecule has 0 fully saturated rings. The van der Waals surface area contributed by atoms with Crippen molar-refractivity contribution >= 4 is 23.3 Å². The van der Waals surface area contributed by atoms with Gasteiger partial charge in [0.25, 0.3) is 5.91 Å². The summed E-state index contributed by atoms with van der Waals surface area (Å²) in [5.41, 5.74) is 0.258. The number of amides is 1. The molecule has 1 aromatic rings. The van der Waals surface area contributed by atoms with Crippen LogP contribution in [0.2, 0.25) is 5.02 Å². The van der Waals surface area contributed by atoms with Gasteiger partial charge in [-0.25, -0.2) is 4.98 Å². The zero-order valence-corrected chi connectivity index (χ0v) is 11.7. The normalized spacial score (nSPS) is 10.5. The summed E-state index contributed by atoms with van der Waals surface area (Å²) in [7, 11) is 5.74. The second-order valence-corrected chi connectivity index (χ2v) is 4.60. The molecule has 1 rings (SSSR count). The molecule has 0 atom stereocenters. The van der Waals surface area contributed by atoms with Crippen molar-refractivity contribution in [3.8, 4) is 0 Å². The number of anilines is 1. The van der Waals surface area contributed by atoms with Crippen LogP contribution in [0.25, 0.3) is 0 Å². The molecule has 18 heavy (non-hydrogen) atoms. The number of nitrogens with one attached hydrogen (secondary N) is 2. The highest BCUT2D eigenvalue weighted by atomic mass is 35.5. The van der Waals surface area contributed by atoms with Crippen LogP contribution in [0.1, 0.15) is 16.9 Å². The minimum absolute atomic E-state index is 0.240. The Balaban J connectivity index is 2.55. The van der Waals surface area contributed by atoms with Crippen molar-refractivity contribution in [1.82, 2.24) is 15.2 Å². The van der Waals surface area contributed by atoms with Gasteiger partial charge in [0.2, 0.25) is 0 Å². The van der Waals surface area contributed by atoms with Gasteiger partial charge in [0.1, 0.15) is 11.5 Å². The van der Waals surface area contributed by atoms with E-state index in [4.69, 9.17) is 11.6 Å². The second-order valence-electron chi connectivity index (χ2n) is 4.19. The quantitative estimate of drug-likeness (QED) is 0.769. The predicted molar refractivity (Wildman–Crippen MR) is 74.3 cm³/mol. The average Bonchev–Trinajstić information content (AvgIpc) is 2.34. The highest BCUT2D eigenvalue weighted by Crippen LogP contribution is 2.16. The van der Waals surface area contributed by atoms with Crippen molar-refractivity contribution in [3.05, 3.63) is 22.8 Å². The Morgan fingerprint density at radius 3 is 2.78 bits per heavy atom. The number of carbonyl (C=O) groups excluding carboxylic acids is 1. The molecule has 0 saturated heterocycles. The fourth-order valence-electron chi connectivity index (χ4n) is 1.42. The highest BCUT2D eigenvalue weighted by molar-refractivity contribution is 6.33. The van der Waals surface area contributed by atoms with Crippen LogP contribution in [0.3, 0.4) is 0 Å². The Kier molecular flexibility index (Phi) is 5.88. The third-order valence-electron chi connectivity index (χ3n) is 2.38. The molecular weight excluding hydrogens is 252 g/mol. The average molecular weight is 271 g/mol. The summed E-state index contributed by atoms with van der Waals surface area (Å²) in [5.74, 6) is 0.383. The summed E-state index contributed by atoms with van der Waals surface area (Å²) in [4.78, 5) is 18.1. The lowest BCUT2D eigenvalue weighted by molar-refractivity contribution is 0.0947. The van der Waals surface area contributed by atoms with E-state index in [1.807, 2.05) is 14.1 Å². The predicted octanol–water partition coefficient (Wildman–Crippen LogP) is 1.46. The Labute approximate surface area is 113 Å². The topological polar surface area (TPSA) is 57.3 Å². The molecule has 5 nitrogen and oxygen atoms in total. The number of hydrogen-bond acceptors (Lipinski definition) is 4. The number of hydrogen-bond donors (Lipinski definition) is 2. The maximum absolute atomic E-state index is 11.9. The van der Waals surface area contributed by atoms with Crippen LogP contribution in [0, 0.1) is 0 Å². The summed E-state index contributed by atoms with van der Waals surface area (Å²) < 4.78 is 0. The number of carbonyl (C=O) groups is 1. The summed E-state index contributed by atoms with van der Waals surface area (Å²) in [6.07, 6.45) is 0.891. The molecule has 1 heterocycles. The summed E-state index contributed by atoms with van der Waals surface area (Å²) >= 11 is 5.95. The number of nitrogens with zero attached hydrogens (tertiary/aromatic N) is 2. The SMILES string of the molecule is CNc1ccc(Cl)c(C(=O)NCCCN(C)C)n1. The van der Waals surface area contributed by atoms with E-state index in [1.165, 1.54) is 0 Å². The van der Waals surface area contributed by atoms with E-state index in [0.29, 0.717) is 17.4 Å². The molecule has 0 aliphatic rings. The third-order valence-corrected chi connectivity index (χ3v) is 2.69. The van der Waals surface area contributed by atoms with Crippen molar-refractivity contribution in [1.29, 1.82) is 0 Å². The molecule has 0 bridgehead atoms. The minimum atomic E-state index is -0.240. The maximum Gasteiger partial charge on any atom is 0.271 e. The first kappa shape index (κ1) is 14.7. The molecule has 6 heteroatoms. The lowest BCUT2D eigenvalue weighted by Crippen LogP contribution is -2.28. The van der Waals surface area contributed by atoms with E-state index in [0.717, 1.165) is 13.0 Å². The fourth-order valence-corrected chi connectivity index (χ4v) is 1.61. The lowest BCUT2D eigenvalue weighted by atomic mass is 10.3. The first-order chi connectivity index (χ1) is 8.54. The molecule has 0 aliphatic carbocycles. The lowest BCUT2D eigenvalue weighted by Gasteiger charge is -2.10. The van der Waals surface area contributed by atoms with E-state index >= 15 is 0 Å². The van der Waals surface area contributed by atoms with Crippen molar-refractivity contribution in [2.45, 2.75) is 6.42 Å². The summed E-state index contributed by atoms with van der Waals surface area (Å²) in [6.45, 7) is 1.54. The van der Waals surface area contributed by atoms with Gasteiger partial charge in [0.05, 0.1) is 5.02 Å². The Morgan fingerprint density at radius 2 is 2.17 bits per heavy atom. The molecule has 0 radical (unpaired) electrons. The molecule has 1 aromatic heterocycles. The van der Waals surface area contributed by atoms with Crippen molar-refractivity contribution in [2.24, 2.45) is 0 Å². The molecule has 2 N–H and O–H groups in total. The number of rotatable bonds is 6. The van der Waals surface area contributed by atoms with E-state index in [1.54, 1.807) is 19.2 Å². The third kappa shape index (κ3) is 4.50. The maximum atomic E-state index is 11.9. The molecule has 0 aliphatic heterocycles. The molecular formula is C12H19ClN4O. The number of aromatic nitrogens is 1. The van der Waals surface area contributed by atoms with Gasteiger partial charge in [-0.15, -0.1) is 0 Å². The minimum Gasteiger partial charge on any atom is -0.373 e. The molecule has 0 spiro atoms. The standard InChI is InChI=1S/C12H19ClN4O/c1-14-10-6-5-9(13)11(16-10)12(18)15-7-4-8-17(2)3/h5-6H,4,7-8H2,1-3H3,(H,14,16)(H,15,18). The van der Waals surface area contributed by atoms with Crippen molar-refractivity contribution < 1.29 is 4.79 Å². The first-order valence-electron chi connectivity index (χ1n) is 5.82. The van der Waals surface area contributed by atoms with Crippen LogP contribution in [-0.4, -0.2) is 50.0 Å². The van der Waals surface area contributed by atoms with Crippen LogP contribution >= 0.6 is 11.6 Å². The Hall–Kier alpha value is -1.33. The number of halogens is 1. The van der Waals surface area contributed by atoms with Crippen LogP contribution in [0.15, 0.2) is 12.1 Å². The van der Waals surface area contributed by atoms with Gasteiger partial charge < -0.3 is 15.5 Å². The van der Waals surface area contributed by atoms with E-state index < -0.39 is 0 Å². The smallest absolute Gasteiger partial charge is 0.271 e. The fraction of sp³-hybridized carbons (Fsp3) is 0.500. The van der Waals surface area contributed by atoms with Crippen LogP contribution in [-0.2, 0) is 0 Å². The van der Waals surface area contributed by atoms with Gasteiger partial charge in [0, 0.05) is 13.6 Å². The van der Waals surface area contributed by atoms with Gasteiger partial charge in [-0.3, -0.25) is 4.79 Å². The molecule has 1 amide bonds. The van der Waals surface area contributed by atoms with E-state index in [2.05, 4.69) is 20.5 Å².